The third-order valence-corrected chi connectivity index (χ3v) is 6.96. The maximum atomic E-state index is 13.0. The molecule has 2 unspecified atom stereocenters. The number of amides is 1. The summed E-state index contributed by atoms with van der Waals surface area (Å²) in [7, 11) is -3.69. The number of morpholine rings is 1. The highest BCUT2D eigenvalue weighted by Gasteiger charge is 2.32. The zero-order chi connectivity index (χ0) is 20.2. The molecule has 2 atom stereocenters. The van der Waals surface area contributed by atoms with Crippen molar-refractivity contribution in [2.24, 2.45) is 5.73 Å². The van der Waals surface area contributed by atoms with E-state index in [-0.39, 0.29) is 23.0 Å². The van der Waals surface area contributed by atoms with Gasteiger partial charge < -0.3 is 15.8 Å². The van der Waals surface area contributed by atoms with Gasteiger partial charge in [-0.3, -0.25) is 4.79 Å². The molecule has 2 rings (SSSR count). The van der Waals surface area contributed by atoms with Gasteiger partial charge >= 0.3 is 0 Å². The first-order valence-electron chi connectivity index (χ1n) is 9.44. The van der Waals surface area contributed by atoms with Crippen molar-refractivity contribution < 1.29 is 17.9 Å². The standard InChI is InChI=1S/C19H31N3O4S/c1-5-19(20,6-2)13-21-18(23)16-8-7-9-17(10-16)27(24,25)22-11-14(3)26-15(4)12-22/h7-10,14-15H,5-6,11-13,20H2,1-4H3,(H,21,23). The molecule has 0 radical (unpaired) electrons. The van der Waals surface area contributed by atoms with E-state index in [1.54, 1.807) is 12.1 Å². The fourth-order valence-corrected chi connectivity index (χ4v) is 4.77. The Labute approximate surface area is 162 Å². The lowest BCUT2D eigenvalue weighted by molar-refractivity contribution is -0.0440. The smallest absolute Gasteiger partial charge is 0.251 e. The molecule has 27 heavy (non-hydrogen) atoms. The summed E-state index contributed by atoms with van der Waals surface area (Å²) in [5.74, 6) is -0.326. The van der Waals surface area contributed by atoms with Crippen LogP contribution in [0.2, 0.25) is 0 Å². The average molecular weight is 398 g/mol. The lowest BCUT2D eigenvalue weighted by Crippen LogP contribution is -2.49. The van der Waals surface area contributed by atoms with Gasteiger partial charge in [0.25, 0.3) is 5.91 Å². The van der Waals surface area contributed by atoms with Gasteiger partial charge in [0.15, 0.2) is 0 Å². The molecule has 1 heterocycles. The first kappa shape index (κ1) is 21.8. The van der Waals surface area contributed by atoms with Crippen LogP contribution in [0.1, 0.15) is 50.9 Å². The number of ether oxygens (including phenoxy) is 1. The number of benzene rings is 1. The Morgan fingerprint density at radius 2 is 1.85 bits per heavy atom. The van der Waals surface area contributed by atoms with Gasteiger partial charge in [-0.05, 0) is 44.9 Å². The molecule has 3 N–H and O–H groups in total. The summed E-state index contributed by atoms with van der Waals surface area (Å²) in [6, 6.07) is 6.13. The van der Waals surface area contributed by atoms with Gasteiger partial charge in [-0.2, -0.15) is 4.31 Å². The summed E-state index contributed by atoms with van der Waals surface area (Å²) < 4.78 is 33.0. The Bertz CT molecular complexity index is 752. The molecule has 1 aromatic carbocycles. The summed E-state index contributed by atoms with van der Waals surface area (Å²) in [6.45, 7) is 8.59. The molecule has 1 aromatic rings. The Morgan fingerprint density at radius 3 is 2.41 bits per heavy atom. The topological polar surface area (TPSA) is 102 Å². The highest BCUT2D eigenvalue weighted by molar-refractivity contribution is 7.89. The molecule has 1 fully saturated rings. The highest BCUT2D eigenvalue weighted by atomic mass is 32.2. The van der Waals surface area contributed by atoms with Crippen molar-refractivity contribution in [2.45, 2.75) is 63.2 Å². The van der Waals surface area contributed by atoms with Crippen LogP contribution < -0.4 is 11.1 Å². The van der Waals surface area contributed by atoms with Gasteiger partial charge in [0.2, 0.25) is 10.0 Å². The van der Waals surface area contributed by atoms with E-state index in [9.17, 15) is 13.2 Å². The second-order valence-electron chi connectivity index (χ2n) is 7.36. The second kappa shape index (κ2) is 8.68. The van der Waals surface area contributed by atoms with Crippen LogP contribution in [-0.2, 0) is 14.8 Å². The Morgan fingerprint density at radius 1 is 1.26 bits per heavy atom. The van der Waals surface area contributed by atoms with E-state index < -0.39 is 15.6 Å². The molecular formula is C19H31N3O4S. The van der Waals surface area contributed by atoms with Crippen LogP contribution in [0.3, 0.4) is 0 Å². The van der Waals surface area contributed by atoms with E-state index in [4.69, 9.17) is 10.5 Å². The van der Waals surface area contributed by atoms with E-state index >= 15 is 0 Å². The van der Waals surface area contributed by atoms with Crippen molar-refractivity contribution in [3.05, 3.63) is 29.8 Å². The zero-order valence-corrected chi connectivity index (χ0v) is 17.4. The van der Waals surface area contributed by atoms with Crippen molar-refractivity contribution in [3.63, 3.8) is 0 Å². The number of sulfonamides is 1. The summed E-state index contributed by atoms with van der Waals surface area (Å²) in [4.78, 5) is 12.6. The predicted octanol–water partition coefficient (Wildman–Crippen LogP) is 1.73. The minimum atomic E-state index is -3.69. The number of nitrogens with one attached hydrogen (secondary N) is 1. The van der Waals surface area contributed by atoms with Gasteiger partial charge in [0.05, 0.1) is 17.1 Å². The number of nitrogens with two attached hydrogens (primary N) is 1. The van der Waals surface area contributed by atoms with Crippen LogP contribution in [0.4, 0.5) is 0 Å². The predicted molar refractivity (Wildman–Crippen MR) is 105 cm³/mol. The Hall–Kier alpha value is -1.48. The number of hydrogen-bond donors (Lipinski definition) is 2. The molecular weight excluding hydrogens is 366 g/mol. The molecule has 1 amide bonds. The number of nitrogens with zero attached hydrogens (tertiary/aromatic N) is 1. The minimum absolute atomic E-state index is 0.112. The van der Waals surface area contributed by atoms with Crippen LogP contribution in [0.25, 0.3) is 0 Å². The van der Waals surface area contributed by atoms with Crippen LogP contribution in [0.5, 0.6) is 0 Å². The van der Waals surface area contributed by atoms with Crippen molar-refractivity contribution in [3.8, 4) is 0 Å². The van der Waals surface area contributed by atoms with Crippen LogP contribution in [0, 0.1) is 0 Å². The average Bonchev–Trinajstić information content (AvgIpc) is 2.65. The number of carbonyl (C=O) groups is 1. The molecule has 1 aliphatic heterocycles. The molecule has 8 heteroatoms. The normalized spacial score (nSPS) is 21.8. The van der Waals surface area contributed by atoms with Crippen LogP contribution >= 0.6 is 0 Å². The maximum Gasteiger partial charge on any atom is 0.251 e. The van der Waals surface area contributed by atoms with Gasteiger partial charge in [0.1, 0.15) is 0 Å². The Kier molecular flexibility index (Phi) is 7.02. The summed E-state index contributed by atoms with van der Waals surface area (Å²) in [6.07, 6.45) is 1.14. The second-order valence-corrected chi connectivity index (χ2v) is 9.30. The molecule has 7 nitrogen and oxygen atoms in total. The first-order valence-corrected chi connectivity index (χ1v) is 10.9. The summed E-state index contributed by atoms with van der Waals surface area (Å²) in [5, 5.41) is 2.82. The largest absolute Gasteiger partial charge is 0.373 e. The third-order valence-electron chi connectivity index (χ3n) is 5.13. The molecule has 0 aromatic heterocycles. The quantitative estimate of drug-likeness (QED) is 0.730. The van der Waals surface area contributed by atoms with E-state index in [2.05, 4.69) is 5.32 Å². The molecule has 1 saturated heterocycles. The van der Waals surface area contributed by atoms with E-state index in [0.717, 1.165) is 12.8 Å². The minimum Gasteiger partial charge on any atom is -0.373 e. The number of hydrogen-bond acceptors (Lipinski definition) is 5. The van der Waals surface area contributed by atoms with Crippen molar-refractivity contribution in [1.82, 2.24) is 9.62 Å². The van der Waals surface area contributed by atoms with Gasteiger partial charge in [-0.25, -0.2) is 8.42 Å². The highest BCUT2D eigenvalue weighted by Crippen LogP contribution is 2.22. The number of carbonyl (C=O) groups excluding carboxylic acids is 1. The lowest BCUT2D eigenvalue weighted by atomic mass is 9.94. The fraction of sp³-hybridized carbons (Fsp3) is 0.632. The zero-order valence-electron chi connectivity index (χ0n) is 16.6. The SMILES string of the molecule is CCC(N)(CC)CNC(=O)c1cccc(S(=O)(=O)N2CC(C)OC(C)C2)c1. The molecule has 0 aliphatic carbocycles. The summed E-state index contributed by atoms with van der Waals surface area (Å²) in [5.41, 5.74) is 6.06. The molecule has 152 valence electrons. The monoisotopic (exact) mass is 397 g/mol. The van der Waals surface area contributed by atoms with Gasteiger partial charge in [0, 0.05) is 30.7 Å². The van der Waals surface area contributed by atoms with Crippen molar-refractivity contribution >= 4 is 15.9 Å². The van der Waals surface area contributed by atoms with Crippen LogP contribution in [-0.4, -0.2) is 56.0 Å². The third kappa shape index (κ3) is 5.28. The Balaban J connectivity index is 2.17. The molecule has 0 saturated carbocycles. The van der Waals surface area contributed by atoms with E-state index in [1.165, 1.54) is 16.4 Å². The molecule has 0 bridgehead atoms. The van der Waals surface area contributed by atoms with Gasteiger partial charge in [-0.15, -0.1) is 0 Å². The fourth-order valence-electron chi connectivity index (χ4n) is 3.13. The molecule has 1 aliphatic rings. The maximum absolute atomic E-state index is 13.0. The van der Waals surface area contributed by atoms with Gasteiger partial charge in [-0.1, -0.05) is 19.9 Å². The van der Waals surface area contributed by atoms with E-state index in [0.29, 0.717) is 25.2 Å². The lowest BCUT2D eigenvalue weighted by Gasteiger charge is -2.34. The first-order chi connectivity index (χ1) is 12.6. The molecule has 0 spiro atoms. The van der Waals surface area contributed by atoms with Crippen molar-refractivity contribution in [1.29, 1.82) is 0 Å². The van der Waals surface area contributed by atoms with Crippen LogP contribution in [0.15, 0.2) is 29.2 Å². The van der Waals surface area contributed by atoms with E-state index in [1.807, 2.05) is 27.7 Å². The summed E-state index contributed by atoms with van der Waals surface area (Å²) >= 11 is 0. The number of rotatable bonds is 7. The van der Waals surface area contributed by atoms with Crippen molar-refractivity contribution in [2.75, 3.05) is 19.6 Å².